The molecule has 1 aliphatic heterocycles. The number of aliphatic carboxylic acids is 1. The number of carbonyl (C=O) groups is 1. The van der Waals surface area contributed by atoms with Gasteiger partial charge >= 0.3 is 5.97 Å². The number of hydrogen-bond acceptors (Lipinski definition) is 5. The highest BCUT2D eigenvalue weighted by molar-refractivity contribution is 7.91. The van der Waals surface area contributed by atoms with Gasteiger partial charge in [-0.2, -0.15) is 0 Å². The average Bonchev–Trinajstić information content (AvgIpc) is 2.79. The van der Waals surface area contributed by atoms with Crippen molar-refractivity contribution in [2.24, 2.45) is 0 Å². The van der Waals surface area contributed by atoms with Crippen molar-refractivity contribution in [2.45, 2.75) is 25.4 Å². The van der Waals surface area contributed by atoms with E-state index in [9.17, 15) is 13.2 Å². The molecular weight excluding hydrogens is 286 g/mol. The lowest BCUT2D eigenvalue weighted by molar-refractivity contribution is -0.138. The molecule has 106 valence electrons. The molecule has 1 N–H and O–H groups in total. The van der Waals surface area contributed by atoms with Crippen LogP contribution in [0.1, 0.15) is 24.3 Å². The quantitative estimate of drug-likeness (QED) is 0.909. The van der Waals surface area contributed by atoms with E-state index in [0.717, 1.165) is 4.88 Å². The van der Waals surface area contributed by atoms with Gasteiger partial charge in [0.05, 0.1) is 17.9 Å². The lowest BCUT2D eigenvalue weighted by Gasteiger charge is -2.38. The fourth-order valence-corrected chi connectivity index (χ4v) is 4.83. The van der Waals surface area contributed by atoms with E-state index in [2.05, 4.69) is 0 Å². The Hall–Kier alpha value is -0.920. The second kappa shape index (κ2) is 5.60. The summed E-state index contributed by atoms with van der Waals surface area (Å²) in [5, 5.41) is 10.9. The summed E-state index contributed by atoms with van der Waals surface area (Å²) >= 11 is 1.61. The molecule has 0 spiro atoms. The maximum absolute atomic E-state index is 11.7. The van der Waals surface area contributed by atoms with Crippen molar-refractivity contribution in [1.82, 2.24) is 4.90 Å². The van der Waals surface area contributed by atoms with E-state index in [-0.39, 0.29) is 24.0 Å². The molecule has 2 heterocycles. The number of carboxylic acid groups (broad SMARTS) is 1. The summed E-state index contributed by atoms with van der Waals surface area (Å²) in [5.74, 6) is -0.904. The SMILES string of the molecule is CC(c1cccs1)N1CCS(=O)(=O)CC1CC(=O)O. The smallest absolute Gasteiger partial charge is 0.304 e. The minimum absolute atomic E-state index is 0.0554. The van der Waals surface area contributed by atoms with Crippen molar-refractivity contribution < 1.29 is 18.3 Å². The minimum atomic E-state index is -3.11. The number of hydrogen-bond donors (Lipinski definition) is 1. The highest BCUT2D eigenvalue weighted by Crippen LogP contribution is 2.29. The Morgan fingerprint density at radius 2 is 2.37 bits per heavy atom. The molecule has 1 fully saturated rings. The van der Waals surface area contributed by atoms with Crippen molar-refractivity contribution in [3.8, 4) is 0 Å². The molecule has 5 nitrogen and oxygen atoms in total. The van der Waals surface area contributed by atoms with Crippen molar-refractivity contribution in [3.05, 3.63) is 22.4 Å². The predicted molar refractivity (Wildman–Crippen MR) is 74.1 cm³/mol. The zero-order chi connectivity index (χ0) is 14.0. The van der Waals surface area contributed by atoms with Crippen molar-refractivity contribution in [1.29, 1.82) is 0 Å². The molecule has 2 atom stereocenters. The number of sulfone groups is 1. The Balaban J connectivity index is 2.19. The van der Waals surface area contributed by atoms with Crippen molar-refractivity contribution in [2.75, 3.05) is 18.1 Å². The van der Waals surface area contributed by atoms with Crippen LogP contribution in [0.3, 0.4) is 0 Å². The Kier molecular flexibility index (Phi) is 4.27. The van der Waals surface area contributed by atoms with Gasteiger partial charge in [0.2, 0.25) is 0 Å². The van der Waals surface area contributed by atoms with E-state index in [1.807, 2.05) is 29.3 Å². The van der Waals surface area contributed by atoms with Crippen LogP contribution in [0.2, 0.25) is 0 Å². The first kappa shape index (κ1) is 14.5. The monoisotopic (exact) mass is 303 g/mol. The van der Waals surface area contributed by atoms with Gasteiger partial charge in [-0.15, -0.1) is 11.3 Å². The molecule has 7 heteroatoms. The number of rotatable bonds is 4. The molecule has 19 heavy (non-hydrogen) atoms. The number of carboxylic acids is 1. The molecule has 0 saturated carbocycles. The lowest BCUT2D eigenvalue weighted by atomic mass is 10.1. The van der Waals surface area contributed by atoms with Crippen LogP contribution >= 0.6 is 11.3 Å². The van der Waals surface area contributed by atoms with E-state index in [4.69, 9.17) is 5.11 Å². The largest absolute Gasteiger partial charge is 0.481 e. The summed E-state index contributed by atoms with van der Waals surface area (Å²) in [6, 6.07) is 3.56. The molecule has 0 radical (unpaired) electrons. The molecule has 0 bridgehead atoms. The maximum Gasteiger partial charge on any atom is 0.304 e. The Labute approximate surface area is 116 Å². The molecule has 1 aromatic heterocycles. The first-order valence-corrected chi connectivity index (χ1v) is 8.80. The van der Waals surface area contributed by atoms with E-state index in [1.165, 1.54) is 0 Å². The Bertz CT molecular complexity index is 538. The Morgan fingerprint density at radius 3 is 2.95 bits per heavy atom. The maximum atomic E-state index is 11.7. The van der Waals surface area contributed by atoms with Gasteiger partial charge < -0.3 is 5.11 Å². The fourth-order valence-electron chi connectivity index (χ4n) is 2.48. The van der Waals surface area contributed by atoms with Crippen LogP contribution in [0.15, 0.2) is 17.5 Å². The second-order valence-corrected chi connectivity index (χ2v) is 8.00. The standard InChI is InChI=1S/C12H17NO4S2/c1-9(11-3-2-5-18-11)13-4-6-19(16,17)8-10(13)7-12(14)15/h2-3,5,9-10H,4,6-8H2,1H3,(H,14,15). The third kappa shape index (κ3) is 3.55. The van der Waals surface area contributed by atoms with Gasteiger partial charge in [0.1, 0.15) is 0 Å². The molecular formula is C12H17NO4S2. The minimum Gasteiger partial charge on any atom is -0.481 e. The first-order chi connectivity index (χ1) is 8.89. The molecule has 0 aromatic carbocycles. The molecule has 2 unspecified atom stereocenters. The van der Waals surface area contributed by atoms with Crippen LogP contribution < -0.4 is 0 Å². The van der Waals surface area contributed by atoms with Crippen LogP contribution in [-0.4, -0.2) is 48.5 Å². The van der Waals surface area contributed by atoms with Gasteiger partial charge in [0, 0.05) is 23.5 Å². The van der Waals surface area contributed by atoms with Crippen LogP contribution in [0.25, 0.3) is 0 Å². The van der Waals surface area contributed by atoms with Crippen LogP contribution in [-0.2, 0) is 14.6 Å². The van der Waals surface area contributed by atoms with Gasteiger partial charge in [-0.05, 0) is 18.4 Å². The molecule has 0 aliphatic carbocycles. The second-order valence-electron chi connectivity index (χ2n) is 4.80. The summed E-state index contributed by atoms with van der Waals surface area (Å²) in [5.41, 5.74) is 0. The van der Waals surface area contributed by atoms with E-state index in [0.29, 0.717) is 6.54 Å². The normalized spacial score (nSPS) is 25.0. The number of thiophene rings is 1. The van der Waals surface area contributed by atoms with Gasteiger partial charge in [-0.1, -0.05) is 6.07 Å². The van der Waals surface area contributed by atoms with Gasteiger partial charge in [0.15, 0.2) is 9.84 Å². The highest BCUT2D eigenvalue weighted by atomic mass is 32.2. The van der Waals surface area contributed by atoms with E-state index in [1.54, 1.807) is 11.3 Å². The lowest BCUT2D eigenvalue weighted by Crippen LogP contribution is -2.50. The van der Waals surface area contributed by atoms with Gasteiger partial charge in [-0.25, -0.2) is 8.42 Å². The summed E-state index contributed by atoms with van der Waals surface area (Å²) in [4.78, 5) is 14.0. The fraction of sp³-hybridized carbons (Fsp3) is 0.583. The third-order valence-electron chi connectivity index (χ3n) is 3.44. The summed E-state index contributed by atoms with van der Waals surface area (Å²) in [7, 11) is -3.11. The molecule has 0 amide bonds. The van der Waals surface area contributed by atoms with E-state index >= 15 is 0 Å². The summed E-state index contributed by atoms with van der Waals surface area (Å²) < 4.78 is 23.4. The average molecular weight is 303 g/mol. The van der Waals surface area contributed by atoms with Crippen LogP contribution in [0.5, 0.6) is 0 Å². The van der Waals surface area contributed by atoms with Crippen LogP contribution in [0, 0.1) is 0 Å². The topological polar surface area (TPSA) is 74.7 Å². The highest BCUT2D eigenvalue weighted by Gasteiger charge is 2.35. The summed E-state index contributed by atoms with van der Waals surface area (Å²) in [6.07, 6.45) is -0.130. The zero-order valence-electron chi connectivity index (χ0n) is 10.7. The Morgan fingerprint density at radius 1 is 1.63 bits per heavy atom. The van der Waals surface area contributed by atoms with Crippen molar-refractivity contribution >= 4 is 27.1 Å². The van der Waals surface area contributed by atoms with Gasteiger partial charge in [-0.3, -0.25) is 9.69 Å². The third-order valence-corrected chi connectivity index (χ3v) is 6.18. The van der Waals surface area contributed by atoms with Crippen LogP contribution in [0.4, 0.5) is 0 Å². The molecule has 1 aliphatic rings. The molecule has 1 saturated heterocycles. The zero-order valence-corrected chi connectivity index (χ0v) is 12.3. The predicted octanol–water partition coefficient (Wildman–Crippen LogP) is 1.38. The van der Waals surface area contributed by atoms with Crippen molar-refractivity contribution in [3.63, 3.8) is 0 Å². The molecule has 2 rings (SSSR count). The van der Waals surface area contributed by atoms with E-state index < -0.39 is 21.8 Å². The molecule has 1 aromatic rings. The number of nitrogens with zero attached hydrogens (tertiary/aromatic N) is 1. The first-order valence-electron chi connectivity index (χ1n) is 6.10. The summed E-state index contributed by atoms with van der Waals surface area (Å²) in [6.45, 7) is 2.40. The van der Waals surface area contributed by atoms with Gasteiger partial charge in [0.25, 0.3) is 0 Å².